The second-order valence-electron chi connectivity index (χ2n) is 13.0. The molecule has 1 saturated heterocycles. The first-order valence-electron chi connectivity index (χ1n) is 16.3. The van der Waals surface area contributed by atoms with Crippen molar-refractivity contribution in [1.82, 2.24) is 20.9 Å². The Kier molecular flexibility index (Phi) is 9.03. The van der Waals surface area contributed by atoms with E-state index in [1.54, 1.807) is 43.3 Å². The Hall–Kier alpha value is -5.08. The minimum Gasteiger partial charge on any atom is -0.386 e. The molecule has 10 nitrogen and oxygen atoms in total. The minimum atomic E-state index is -1.07. The molecule has 248 valence electrons. The van der Waals surface area contributed by atoms with E-state index in [0.717, 1.165) is 35.1 Å². The van der Waals surface area contributed by atoms with Crippen molar-refractivity contribution in [2.75, 3.05) is 20.6 Å². The number of aryl methyl sites for hydroxylation is 2. The van der Waals surface area contributed by atoms with Crippen molar-refractivity contribution >= 4 is 29.2 Å². The van der Waals surface area contributed by atoms with Crippen molar-refractivity contribution in [1.29, 1.82) is 5.26 Å². The molecule has 3 amide bonds. The van der Waals surface area contributed by atoms with Gasteiger partial charge >= 0.3 is 0 Å². The van der Waals surface area contributed by atoms with Gasteiger partial charge in [-0.15, -0.1) is 0 Å². The molecule has 0 aromatic heterocycles. The van der Waals surface area contributed by atoms with Crippen LogP contribution in [0.2, 0.25) is 0 Å². The van der Waals surface area contributed by atoms with Crippen LogP contribution in [0.5, 0.6) is 0 Å². The highest BCUT2D eigenvalue weighted by atomic mass is 19.1. The Morgan fingerprint density at radius 2 is 1.56 bits per heavy atom. The molecular formula is C37H40FN7O3. The van der Waals surface area contributed by atoms with E-state index in [2.05, 4.69) is 22.0 Å². The third-order valence-corrected chi connectivity index (χ3v) is 10.0. The molecule has 1 aliphatic heterocycles. The largest absolute Gasteiger partial charge is 0.386 e. The van der Waals surface area contributed by atoms with Crippen molar-refractivity contribution in [2.45, 2.75) is 62.6 Å². The van der Waals surface area contributed by atoms with E-state index in [9.17, 15) is 24.0 Å². The highest BCUT2D eigenvalue weighted by molar-refractivity contribution is 6.00. The maximum atomic E-state index is 13.9. The summed E-state index contributed by atoms with van der Waals surface area (Å²) >= 11 is 0. The summed E-state index contributed by atoms with van der Waals surface area (Å²) in [6.45, 7) is 2.03. The number of amides is 3. The summed E-state index contributed by atoms with van der Waals surface area (Å²) in [6, 6.07) is 18.6. The Morgan fingerprint density at radius 1 is 0.979 bits per heavy atom. The molecule has 1 saturated carbocycles. The number of carbonyl (C=O) groups is 3. The average molecular weight is 650 g/mol. The number of likely N-dealkylation sites (tertiary alicyclic amines) is 1. The highest BCUT2D eigenvalue weighted by Crippen LogP contribution is 2.48. The predicted molar refractivity (Wildman–Crippen MR) is 180 cm³/mol. The van der Waals surface area contributed by atoms with Crippen LogP contribution in [-0.4, -0.2) is 67.2 Å². The van der Waals surface area contributed by atoms with Gasteiger partial charge in [0.2, 0.25) is 5.91 Å². The summed E-state index contributed by atoms with van der Waals surface area (Å²) in [4.78, 5) is 45.5. The highest BCUT2D eigenvalue weighted by Gasteiger charge is 2.54. The lowest BCUT2D eigenvalue weighted by Crippen LogP contribution is -2.49. The first-order valence-corrected chi connectivity index (χ1v) is 16.3. The van der Waals surface area contributed by atoms with Gasteiger partial charge < -0.3 is 26.6 Å². The smallest absolute Gasteiger partial charge is 0.251 e. The molecular weight excluding hydrogens is 609 g/mol. The predicted octanol–water partition coefficient (Wildman–Crippen LogP) is 3.50. The van der Waals surface area contributed by atoms with Gasteiger partial charge in [0.25, 0.3) is 11.8 Å². The molecule has 2 aliphatic carbocycles. The summed E-state index contributed by atoms with van der Waals surface area (Å²) in [5.74, 6) is -0.267. The summed E-state index contributed by atoms with van der Waals surface area (Å²) in [7, 11) is 3.17. The molecule has 3 aromatic carbocycles. The minimum absolute atomic E-state index is 0.0542. The zero-order valence-corrected chi connectivity index (χ0v) is 27.3. The van der Waals surface area contributed by atoms with Gasteiger partial charge in [0.05, 0.1) is 23.7 Å². The number of piperidine rings is 1. The first-order chi connectivity index (χ1) is 23.1. The molecule has 4 atom stereocenters. The molecule has 11 heteroatoms. The lowest BCUT2D eigenvalue weighted by Gasteiger charge is -2.38. The van der Waals surface area contributed by atoms with Gasteiger partial charge in [-0.3, -0.25) is 14.4 Å². The van der Waals surface area contributed by atoms with Crippen molar-refractivity contribution < 1.29 is 18.8 Å². The number of carbonyl (C=O) groups excluding carboxylic acids is 3. The van der Waals surface area contributed by atoms with Crippen LogP contribution in [0.4, 0.5) is 10.1 Å². The van der Waals surface area contributed by atoms with Crippen LogP contribution in [0, 0.1) is 23.1 Å². The van der Waals surface area contributed by atoms with Gasteiger partial charge in [0.1, 0.15) is 17.7 Å². The molecule has 2 fully saturated rings. The molecule has 0 bridgehead atoms. The number of nitrogens with one attached hydrogen (secondary N) is 3. The van der Waals surface area contributed by atoms with E-state index >= 15 is 0 Å². The van der Waals surface area contributed by atoms with Crippen molar-refractivity contribution in [3.8, 4) is 6.07 Å². The number of hydrogen-bond acceptors (Lipinski definition) is 6. The number of benzene rings is 3. The van der Waals surface area contributed by atoms with Crippen LogP contribution in [0.1, 0.15) is 69.2 Å². The Labute approximate surface area is 279 Å². The third kappa shape index (κ3) is 6.04. The third-order valence-electron chi connectivity index (χ3n) is 10.0. The van der Waals surface area contributed by atoms with Gasteiger partial charge in [-0.1, -0.05) is 12.1 Å². The number of fused-ring (bicyclic) bond motifs is 3. The van der Waals surface area contributed by atoms with E-state index in [0.29, 0.717) is 42.0 Å². The number of amidine groups is 1. The molecule has 48 heavy (non-hydrogen) atoms. The lowest BCUT2D eigenvalue weighted by molar-refractivity contribution is -0.131. The molecule has 3 aliphatic rings. The molecule has 0 spiro atoms. The quantitative estimate of drug-likeness (QED) is 0.206. The zero-order chi connectivity index (χ0) is 34.2. The number of halogens is 1. The van der Waals surface area contributed by atoms with E-state index in [1.807, 2.05) is 31.2 Å². The molecule has 0 radical (unpaired) electrons. The van der Waals surface area contributed by atoms with Gasteiger partial charge in [-0.2, -0.15) is 5.26 Å². The second-order valence-corrected chi connectivity index (χ2v) is 13.0. The fourth-order valence-electron chi connectivity index (χ4n) is 7.58. The Balaban J connectivity index is 1.46. The fourth-order valence-corrected chi connectivity index (χ4v) is 7.58. The van der Waals surface area contributed by atoms with Crippen LogP contribution in [0.3, 0.4) is 0 Å². The first kappa shape index (κ1) is 32.8. The van der Waals surface area contributed by atoms with Crippen molar-refractivity contribution in [3.63, 3.8) is 0 Å². The number of nitrogens with two attached hydrogens (primary N) is 1. The van der Waals surface area contributed by atoms with Crippen LogP contribution < -0.4 is 21.7 Å². The van der Waals surface area contributed by atoms with Crippen LogP contribution in [-0.2, 0) is 23.1 Å². The molecule has 3 aromatic rings. The number of nitriles is 1. The van der Waals surface area contributed by atoms with Gasteiger partial charge in [-0.25, -0.2) is 9.38 Å². The summed E-state index contributed by atoms with van der Waals surface area (Å²) in [5, 5.41) is 18.4. The fraction of sp³-hybridized carbons (Fsp3) is 0.378. The molecule has 1 heterocycles. The zero-order valence-electron chi connectivity index (χ0n) is 27.3. The lowest BCUT2D eigenvalue weighted by atomic mass is 9.67. The van der Waals surface area contributed by atoms with Gasteiger partial charge in [-0.05, 0) is 116 Å². The number of rotatable bonds is 9. The maximum absolute atomic E-state index is 13.9. The normalized spacial score (nSPS) is 21.1. The van der Waals surface area contributed by atoms with E-state index in [4.69, 9.17) is 10.7 Å². The van der Waals surface area contributed by atoms with E-state index in [-0.39, 0.29) is 42.2 Å². The summed E-state index contributed by atoms with van der Waals surface area (Å²) in [5.41, 5.74) is 11.1. The average Bonchev–Trinajstić information content (AvgIpc) is 3.79. The standard InChI is InChI=1S/C37H40FN7O3/c1-21(43-20-33(46)45-29(19-39)16-26-17-32(26)45)18-37(36(40)44-28-10-8-27(38)9-11-28)30-12-6-24(34(47)41-2)14-22(30)4-5-23-15-25(35(48)42-3)7-13-31(23)37/h6-15,21,26,29,32,43H,4-5,16-18,20H2,1-3H3,(H2,40,44)(H,41,47)(H,42,48)/t21-,26-,29?,32+/m1/s1. The number of nitrogens with zero attached hydrogens (tertiary/aromatic N) is 3. The van der Waals surface area contributed by atoms with Crippen LogP contribution in [0.25, 0.3) is 0 Å². The van der Waals surface area contributed by atoms with Gasteiger partial charge in [0, 0.05) is 37.3 Å². The van der Waals surface area contributed by atoms with Gasteiger partial charge in [0.15, 0.2) is 0 Å². The SMILES string of the molecule is CNC(=O)c1ccc2c(c1)CCc1cc(C(=O)NC)ccc1C2(C[C@@H](C)NCC(=O)N1C(C#N)C[C@@H]2C[C@@H]21)C(N)=Nc1ccc(F)cc1. The number of hydrogen-bond donors (Lipinski definition) is 4. The Bertz CT molecular complexity index is 1770. The number of aliphatic imine (C=N–C) groups is 1. The van der Waals surface area contributed by atoms with E-state index in [1.165, 1.54) is 12.1 Å². The van der Waals surface area contributed by atoms with Crippen LogP contribution in [0.15, 0.2) is 65.7 Å². The van der Waals surface area contributed by atoms with Crippen molar-refractivity contribution in [3.05, 3.63) is 99.9 Å². The second kappa shape index (κ2) is 13.2. The molecule has 5 N–H and O–H groups in total. The summed E-state index contributed by atoms with van der Waals surface area (Å²) < 4.78 is 13.9. The monoisotopic (exact) mass is 649 g/mol. The summed E-state index contributed by atoms with van der Waals surface area (Å²) in [6.07, 6.45) is 3.18. The molecule has 6 rings (SSSR count). The topological polar surface area (TPSA) is 153 Å². The Morgan fingerprint density at radius 3 is 2.10 bits per heavy atom. The maximum Gasteiger partial charge on any atom is 0.251 e. The molecule has 1 unspecified atom stereocenters. The van der Waals surface area contributed by atoms with E-state index < -0.39 is 17.3 Å². The van der Waals surface area contributed by atoms with Crippen LogP contribution >= 0.6 is 0 Å². The van der Waals surface area contributed by atoms with Crippen molar-refractivity contribution in [2.24, 2.45) is 16.6 Å².